The van der Waals surface area contributed by atoms with Crippen LogP contribution in [0.5, 0.6) is 0 Å². The molecule has 1 aromatic rings. The standard InChI is InChI=1S/C7H12FN3/c1-11-6-10-5-7(11)4-9-3-2-8/h5-6,9H,2-4H2,1H3. The van der Waals surface area contributed by atoms with Gasteiger partial charge in [0.15, 0.2) is 0 Å². The highest BCUT2D eigenvalue weighted by atomic mass is 19.1. The molecule has 1 aromatic heterocycles. The van der Waals surface area contributed by atoms with Gasteiger partial charge in [-0.3, -0.25) is 0 Å². The number of alkyl halides is 1. The van der Waals surface area contributed by atoms with Crippen molar-refractivity contribution < 1.29 is 4.39 Å². The van der Waals surface area contributed by atoms with Crippen molar-refractivity contribution in [2.45, 2.75) is 6.54 Å². The highest BCUT2D eigenvalue weighted by Gasteiger charge is 1.95. The van der Waals surface area contributed by atoms with E-state index in [0.29, 0.717) is 13.1 Å². The van der Waals surface area contributed by atoms with Crippen LogP contribution in [-0.2, 0) is 13.6 Å². The van der Waals surface area contributed by atoms with E-state index in [1.54, 1.807) is 12.5 Å². The Labute approximate surface area is 65.2 Å². The molecule has 1 heterocycles. The summed E-state index contributed by atoms with van der Waals surface area (Å²) in [5.74, 6) is 0. The fourth-order valence-corrected chi connectivity index (χ4v) is 0.838. The first-order chi connectivity index (χ1) is 5.34. The van der Waals surface area contributed by atoms with Crippen LogP contribution in [0.15, 0.2) is 12.5 Å². The molecule has 0 spiro atoms. The lowest BCUT2D eigenvalue weighted by atomic mass is 10.4. The Morgan fingerprint density at radius 3 is 3.09 bits per heavy atom. The monoisotopic (exact) mass is 157 g/mol. The molecule has 1 rings (SSSR count). The molecular formula is C7H12FN3. The van der Waals surface area contributed by atoms with Crippen LogP contribution >= 0.6 is 0 Å². The topological polar surface area (TPSA) is 29.9 Å². The molecule has 0 aliphatic heterocycles. The smallest absolute Gasteiger partial charge is 0.102 e. The molecule has 0 saturated carbocycles. The van der Waals surface area contributed by atoms with E-state index in [4.69, 9.17) is 0 Å². The zero-order valence-electron chi connectivity index (χ0n) is 6.55. The van der Waals surface area contributed by atoms with Gasteiger partial charge in [0.05, 0.1) is 12.0 Å². The summed E-state index contributed by atoms with van der Waals surface area (Å²) in [5.41, 5.74) is 1.07. The first-order valence-electron chi connectivity index (χ1n) is 3.56. The van der Waals surface area contributed by atoms with Crippen LogP contribution in [0.3, 0.4) is 0 Å². The van der Waals surface area contributed by atoms with Gasteiger partial charge in [0.1, 0.15) is 6.67 Å². The number of imidazole rings is 1. The lowest BCUT2D eigenvalue weighted by molar-refractivity contribution is 0.464. The summed E-state index contributed by atoms with van der Waals surface area (Å²) >= 11 is 0. The highest BCUT2D eigenvalue weighted by Crippen LogP contribution is 1.93. The zero-order valence-corrected chi connectivity index (χ0v) is 6.55. The van der Waals surface area contributed by atoms with Crippen molar-refractivity contribution in [3.05, 3.63) is 18.2 Å². The third-order valence-electron chi connectivity index (χ3n) is 1.49. The van der Waals surface area contributed by atoms with E-state index in [9.17, 15) is 4.39 Å². The van der Waals surface area contributed by atoms with Crippen molar-refractivity contribution in [2.24, 2.45) is 7.05 Å². The lowest BCUT2D eigenvalue weighted by Gasteiger charge is -2.01. The fraction of sp³-hybridized carbons (Fsp3) is 0.571. The van der Waals surface area contributed by atoms with Crippen LogP contribution in [0.1, 0.15) is 5.69 Å². The number of hydrogen-bond donors (Lipinski definition) is 1. The van der Waals surface area contributed by atoms with Crippen LogP contribution in [0.25, 0.3) is 0 Å². The van der Waals surface area contributed by atoms with Crippen LogP contribution < -0.4 is 5.32 Å². The summed E-state index contributed by atoms with van der Waals surface area (Å²) in [5, 5.41) is 2.94. The molecule has 1 N–H and O–H groups in total. The maximum absolute atomic E-state index is 11.6. The minimum atomic E-state index is -0.322. The van der Waals surface area contributed by atoms with Crippen molar-refractivity contribution in [3.8, 4) is 0 Å². The average Bonchev–Trinajstić information content (AvgIpc) is 2.37. The summed E-state index contributed by atoms with van der Waals surface area (Å²) in [6.07, 6.45) is 3.50. The van der Waals surface area contributed by atoms with Crippen LogP contribution in [0.4, 0.5) is 4.39 Å². The summed E-state index contributed by atoms with van der Waals surface area (Å²) in [6.45, 7) is 0.767. The molecule has 4 heteroatoms. The van der Waals surface area contributed by atoms with Crippen molar-refractivity contribution in [1.82, 2.24) is 14.9 Å². The Hall–Kier alpha value is -0.900. The van der Waals surface area contributed by atoms with Gasteiger partial charge in [0.2, 0.25) is 0 Å². The van der Waals surface area contributed by atoms with Gasteiger partial charge < -0.3 is 9.88 Å². The first kappa shape index (κ1) is 8.20. The number of nitrogens with one attached hydrogen (secondary N) is 1. The third-order valence-corrected chi connectivity index (χ3v) is 1.49. The highest BCUT2D eigenvalue weighted by molar-refractivity contribution is 4.96. The van der Waals surface area contributed by atoms with Crippen LogP contribution in [0.2, 0.25) is 0 Å². The van der Waals surface area contributed by atoms with Gasteiger partial charge >= 0.3 is 0 Å². The number of hydrogen-bond acceptors (Lipinski definition) is 2. The second kappa shape index (κ2) is 4.08. The molecule has 0 atom stereocenters. The number of aryl methyl sites for hydroxylation is 1. The molecule has 3 nitrogen and oxygen atoms in total. The molecule has 0 aliphatic carbocycles. The number of nitrogens with zero attached hydrogens (tertiary/aromatic N) is 2. The third kappa shape index (κ3) is 2.31. The Morgan fingerprint density at radius 1 is 1.73 bits per heavy atom. The Bertz CT molecular complexity index is 209. The number of halogens is 1. The van der Waals surface area contributed by atoms with E-state index in [-0.39, 0.29) is 6.67 Å². The molecule has 0 aliphatic rings. The SMILES string of the molecule is Cn1cncc1CNCCF. The average molecular weight is 157 g/mol. The predicted molar refractivity (Wildman–Crippen MR) is 40.9 cm³/mol. The molecular weight excluding hydrogens is 145 g/mol. The maximum atomic E-state index is 11.6. The molecule has 0 aromatic carbocycles. The van der Waals surface area contributed by atoms with E-state index in [2.05, 4.69) is 10.3 Å². The predicted octanol–water partition coefficient (Wildman–Crippen LogP) is 0.479. The Kier molecular flexibility index (Phi) is 3.04. The van der Waals surface area contributed by atoms with Gasteiger partial charge in [0.25, 0.3) is 0 Å². The maximum Gasteiger partial charge on any atom is 0.102 e. The summed E-state index contributed by atoms with van der Waals surface area (Å²) in [6, 6.07) is 0. The van der Waals surface area contributed by atoms with E-state index >= 15 is 0 Å². The normalized spacial score (nSPS) is 10.4. The van der Waals surface area contributed by atoms with Crippen molar-refractivity contribution >= 4 is 0 Å². The summed E-state index contributed by atoms with van der Waals surface area (Å²) < 4.78 is 13.5. The van der Waals surface area contributed by atoms with Gasteiger partial charge in [-0.2, -0.15) is 0 Å². The van der Waals surface area contributed by atoms with E-state index in [0.717, 1.165) is 5.69 Å². The number of aromatic nitrogens is 2. The first-order valence-corrected chi connectivity index (χ1v) is 3.56. The lowest BCUT2D eigenvalue weighted by Crippen LogP contribution is -2.17. The van der Waals surface area contributed by atoms with Gasteiger partial charge in [-0.25, -0.2) is 9.37 Å². The Morgan fingerprint density at radius 2 is 2.55 bits per heavy atom. The molecule has 0 amide bonds. The molecule has 11 heavy (non-hydrogen) atoms. The molecule has 0 unspecified atom stereocenters. The van der Waals surface area contributed by atoms with Crippen molar-refractivity contribution in [3.63, 3.8) is 0 Å². The van der Waals surface area contributed by atoms with Crippen molar-refractivity contribution in [2.75, 3.05) is 13.2 Å². The summed E-state index contributed by atoms with van der Waals surface area (Å²) in [7, 11) is 1.92. The van der Waals surface area contributed by atoms with E-state index < -0.39 is 0 Å². The van der Waals surface area contributed by atoms with Gasteiger partial charge in [-0.05, 0) is 0 Å². The molecule has 0 bridgehead atoms. The van der Waals surface area contributed by atoms with Gasteiger partial charge in [-0.15, -0.1) is 0 Å². The van der Waals surface area contributed by atoms with Crippen LogP contribution in [0, 0.1) is 0 Å². The molecule has 0 radical (unpaired) electrons. The largest absolute Gasteiger partial charge is 0.337 e. The van der Waals surface area contributed by atoms with Gasteiger partial charge in [0, 0.05) is 26.3 Å². The van der Waals surface area contributed by atoms with E-state index in [1.165, 1.54) is 0 Å². The fourth-order valence-electron chi connectivity index (χ4n) is 0.838. The molecule has 0 saturated heterocycles. The minimum Gasteiger partial charge on any atom is -0.337 e. The minimum absolute atomic E-state index is 0.322. The second-order valence-corrected chi connectivity index (χ2v) is 2.36. The van der Waals surface area contributed by atoms with Gasteiger partial charge in [-0.1, -0.05) is 0 Å². The zero-order chi connectivity index (χ0) is 8.10. The second-order valence-electron chi connectivity index (χ2n) is 2.36. The molecule has 62 valence electrons. The quantitative estimate of drug-likeness (QED) is 0.644. The van der Waals surface area contributed by atoms with Crippen LogP contribution in [-0.4, -0.2) is 22.8 Å². The number of rotatable bonds is 4. The Balaban J connectivity index is 2.32. The summed E-state index contributed by atoms with van der Waals surface area (Å²) in [4.78, 5) is 3.93. The molecule has 0 fully saturated rings. The van der Waals surface area contributed by atoms with Crippen molar-refractivity contribution in [1.29, 1.82) is 0 Å². The van der Waals surface area contributed by atoms with E-state index in [1.807, 2.05) is 11.6 Å².